The Hall–Kier alpha value is -1.29. The number of hydrogen-bond acceptors (Lipinski definition) is 2. The molecule has 2 aromatic carbocycles. The van der Waals surface area contributed by atoms with Gasteiger partial charge in [-0.25, -0.2) is 4.39 Å². The summed E-state index contributed by atoms with van der Waals surface area (Å²) in [5.41, 5.74) is 7.28. The maximum Gasteiger partial charge on any atom is 0.168 e. The topological polar surface area (TPSA) is 35.2 Å². The minimum atomic E-state index is -0.442. The molecule has 2 N–H and O–H groups in total. The Labute approximate surface area is 127 Å². The van der Waals surface area contributed by atoms with Crippen LogP contribution in [0.25, 0.3) is 0 Å². The van der Waals surface area contributed by atoms with Crippen molar-refractivity contribution < 1.29 is 9.13 Å². The molecular formula is C15H14Cl2FNO. The van der Waals surface area contributed by atoms with E-state index in [1.807, 2.05) is 0 Å². The van der Waals surface area contributed by atoms with Gasteiger partial charge in [0, 0.05) is 6.04 Å². The van der Waals surface area contributed by atoms with Crippen LogP contribution in [0, 0.1) is 5.82 Å². The van der Waals surface area contributed by atoms with Gasteiger partial charge in [-0.3, -0.25) is 0 Å². The third-order valence-corrected chi connectivity index (χ3v) is 3.92. The average molecular weight is 314 g/mol. The molecule has 0 heterocycles. The van der Waals surface area contributed by atoms with Crippen LogP contribution in [-0.4, -0.2) is 7.11 Å². The lowest BCUT2D eigenvalue weighted by atomic mass is 9.99. The Kier molecular flexibility index (Phi) is 4.86. The summed E-state index contributed by atoms with van der Waals surface area (Å²) < 4.78 is 19.0. The molecule has 0 aliphatic rings. The van der Waals surface area contributed by atoms with Crippen LogP contribution in [0.5, 0.6) is 5.75 Å². The van der Waals surface area contributed by atoms with Gasteiger partial charge < -0.3 is 10.5 Å². The van der Waals surface area contributed by atoms with Gasteiger partial charge in [0.05, 0.1) is 17.2 Å². The van der Waals surface area contributed by atoms with Crippen molar-refractivity contribution in [3.63, 3.8) is 0 Å². The molecular weight excluding hydrogens is 300 g/mol. The van der Waals surface area contributed by atoms with Crippen LogP contribution in [0.1, 0.15) is 17.2 Å². The van der Waals surface area contributed by atoms with Gasteiger partial charge in [0.25, 0.3) is 0 Å². The van der Waals surface area contributed by atoms with Crippen molar-refractivity contribution >= 4 is 23.2 Å². The summed E-state index contributed by atoms with van der Waals surface area (Å²) in [5, 5.41) is 0.843. The first-order valence-corrected chi connectivity index (χ1v) is 6.81. The maximum atomic E-state index is 14.1. The van der Waals surface area contributed by atoms with E-state index in [2.05, 4.69) is 0 Å². The Morgan fingerprint density at radius 2 is 1.90 bits per heavy atom. The molecule has 0 spiro atoms. The first-order chi connectivity index (χ1) is 9.54. The normalized spacial score (nSPS) is 12.2. The second kappa shape index (κ2) is 6.44. The number of methoxy groups -OCH3 is 1. The van der Waals surface area contributed by atoms with Crippen LogP contribution in [-0.2, 0) is 6.42 Å². The van der Waals surface area contributed by atoms with Crippen LogP contribution in [0.4, 0.5) is 4.39 Å². The van der Waals surface area contributed by atoms with E-state index in [0.29, 0.717) is 27.6 Å². The van der Waals surface area contributed by atoms with Crippen LogP contribution >= 0.6 is 23.2 Å². The quantitative estimate of drug-likeness (QED) is 0.909. The van der Waals surface area contributed by atoms with Crippen molar-refractivity contribution in [2.24, 2.45) is 5.73 Å². The van der Waals surface area contributed by atoms with Gasteiger partial charge >= 0.3 is 0 Å². The largest absolute Gasteiger partial charge is 0.494 e. The highest BCUT2D eigenvalue weighted by molar-refractivity contribution is 6.42. The molecule has 1 unspecified atom stereocenters. The predicted octanol–water partition coefficient (Wildman–Crippen LogP) is 4.38. The van der Waals surface area contributed by atoms with Gasteiger partial charge in [-0.2, -0.15) is 0 Å². The molecule has 2 rings (SSSR count). The van der Waals surface area contributed by atoms with E-state index in [1.54, 1.807) is 36.4 Å². The zero-order valence-corrected chi connectivity index (χ0v) is 12.4. The van der Waals surface area contributed by atoms with E-state index in [1.165, 1.54) is 7.11 Å². The molecule has 5 heteroatoms. The highest BCUT2D eigenvalue weighted by atomic mass is 35.5. The van der Waals surface area contributed by atoms with Crippen LogP contribution in [0.2, 0.25) is 10.0 Å². The molecule has 0 aliphatic carbocycles. The lowest BCUT2D eigenvalue weighted by Crippen LogP contribution is -2.15. The van der Waals surface area contributed by atoms with E-state index in [-0.39, 0.29) is 5.75 Å². The van der Waals surface area contributed by atoms with Gasteiger partial charge in [0.1, 0.15) is 0 Å². The number of rotatable bonds is 4. The molecule has 0 radical (unpaired) electrons. The summed E-state index contributed by atoms with van der Waals surface area (Å²) >= 11 is 12.1. The fourth-order valence-corrected chi connectivity index (χ4v) is 2.47. The summed E-state index contributed by atoms with van der Waals surface area (Å²) in [4.78, 5) is 0. The first-order valence-electron chi connectivity index (χ1n) is 6.05. The third kappa shape index (κ3) is 3.06. The van der Waals surface area contributed by atoms with Crippen LogP contribution in [0.3, 0.4) is 0 Å². The van der Waals surface area contributed by atoms with Crippen molar-refractivity contribution in [1.29, 1.82) is 0 Å². The lowest BCUT2D eigenvalue weighted by Gasteiger charge is -2.15. The van der Waals surface area contributed by atoms with Gasteiger partial charge in [-0.05, 0) is 29.7 Å². The zero-order chi connectivity index (χ0) is 14.7. The smallest absolute Gasteiger partial charge is 0.168 e. The van der Waals surface area contributed by atoms with Gasteiger partial charge in [-0.1, -0.05) is 47.5 Å². The predicted molar refractivity (Wildman–Crippen MR) is 80.0 cm³/mol. The minimum Gasteiger partial charge on any atom is -0.494 e. The van der Waals surface area contributed by atoms with E-state index in [9.17, 15) is 4.39 Å². The molecule has 0 amide bonds. The van der Waals surface area contributed by atoms with Crippen molar-refractivity contribution in [3.8, 4) is 5.75 Å². The highest BCUT2D eigenvalue weighted by Crippen LogP contribution is 2.31. The molecule has 20 heavy (non-hydrogen) atoms. The van der Waals surface area contributed by atoms with Crippen molar-refractivity contribution in [1.82, 2.24) is 0 Å². The molecule has 106 valence electrons. The number of benzene rings is 2. The fourth-order valence-electron chi connectivity index (χ4n) is 2.03. The lowest BCUT2D eigenvalue weighted by molar-refractivity contribution is 0.383. The second-order valence-electron chi connectivity index (χ2n) is 4.39. The highest BCUT2D eigenvalue weighted by Gasteiger charge is 2.16. The van der Waals surface area contributed by atoms with Crippen molar-refractivity contribution in [3.05, 3.63) is 63.4 Å². The average Bonchev–Trinajstić information content (AvgIpc) is 2.44. The number of hydrogen-bond donors (Lipinski definition) is 1. The number of nitrogens with two attached hydrogens (primary N) is 1. The van der Waals surface area contributed by atoms with Crippen molar-refractivity contribution in [2.75, 3.05) is 7.11 Å². The van der Waals surface area contributed by atoms with Crippen molar-refractivity contribution in [2.45, 2.75) is 12.5 Å². The van der Waals surface area contributed by atoms with E-state index in [4.69, 9.17) is 33.7 Å². The molecule has 0 fully saturated rings. The standard InChI is InChI=1S/C15H14Cl2FNO/c1-20-13-7-2-4-9(15(13)18)8-12(19)10-5-3-6-11(16)14(10)17/h2-7,12H,8,19H2,1H3. The Morgan fingerprint density at radius 1 is 1.20 bits per heavy atom. The number of ether oxygens (including phenoxy) is 1. The molecule has 0 aliphatic heterocycles. The fraction of sp³-hybridized carbons (Fsp3) is 0.200. The van der Waals surface area contributed by atoms with Crippen LogP contribution in [0.15, 0.2) is 36.4 Å². The Bertz CT molecular complexity index is 619. The van der Waals surface area contributed by atoms with Gasteiger partial charge in [-0.15, -0.1) is 0 Å². The molecule has 0 saturated heterocycles. The summed E-state index contributed by atoms with van der Waals surface area (Å²) in [5.74, 6) is -0.199. The van der Waals surface area contributed by atoms with E-state index in [0.717, 1.165) is 0 Å². The summed E-state index contributed by atoms with van der Waals surface area (Å²) in [7, 11) is 1.43. The summed E-state index contributed by atoms with van der Waals surface area (Å²) in [6.07, 6.45) is 0.309. The SMILES string of the molecule is COc1cccc(CC(N)c2cccc(Cl)c2Cl)c1F. The molecule has 1 atom stereocenters. The van der Waals surface area contributed by atoms with E-state index >= 15 is 0 Å². The Balaban J connectivity index is 2.28. The molecule has 0 aromatic heterocycles. The zero-order valence-electron chi connectivity index (χ0n) is 10.9. The maximum absolute atomic E-state index is 14.1. The molecule has 0 bridgehead atoms. The second-order valence-corrected chi connectivity index (χ2v) is 5.17. The minimum absolute atomic E-state index is 0.201. The molecule has 2 aromatic rings. The Morgan fingerprint density at radius 3 is 2.60 bits per heavy atom. The first kappa shape index (κ1) is 15.1. The van der Waals surface area contributed by atoms with Gasteiger partial charge in [0.2, 0.25) is 0 Å². The monoisotopic (exact) mass is 313 g/mol. The van der Waals surface area contributed by atoms with Crippen LogP contribution < -0.4 is 10.5 Å². The van der Waals surface area contributed by atoms with E-state index < -0.39 is 11.9 Å². The molecule has 2 nitrogen and oxygen atoms in total. The summed E-state index contributed by atoms with van der Waals surface area (Å²) in [6, 6.07) is 9.77. The third-order valence-electron chi connectivity index (χ3n) is 3.08. The number of halogens is 3. The summed E-state index contributed by atoms with van der Waals surface area (Å²) in [6.45, 7) is 0. The molecule has 0 saturated carbocycles. The van der Waals surface area contributed by atoms with Gasteiger partial charge in [0.15, 0.2) is 11.6 Å².